The standard InChI is InChI=1S/C23H19N5OS/c1-15-6-8-16(9-7-15)14-30-23-26-22(29)20-18-4-2-3-5-19(18)25-21(28(20)27-23)17-10-12-24-13-11-17/h2-13,21H,14H2,1H3,(H,26,27,29)/t21-/m0/s1. The molecule has 3 aromatic rings. The Labute approximate surface area is 178 Å². The molecule has 3 heterocycles. The summed E-state index contributed by atoms with van der Waals surface area (Å²) >= 11 is 1.50. The van der Waals surface area contributed by atoms with Gasteiger partial charge in [-0.1, -0.05) is 59.8 Å². The van der Waals surface area contributed by atoms with Crippen molar-refractivity contribution >= 4 is 28.5 Å². The van der Waals surface area contributed by atoms with Crippen LogP contribution >= 0.6 is 11.8 Å². The van der Waals surface area contributed by atoms with E-state index in [0.717, 1.165) is 21.9 Å². The Balaban J connectivity index is 1.54. The number of hydrazone groups is 1. The minimum atomic E-state index is -0.418. The summed E-state index contributed by atoms with van der Waals surface area (Å²) in [5.41, 5.74) is 3.84. The molecule has 2 aliphatic rings. The lowest BCUT2D eigenvalue weighted by Gasteiger charge is -2.34. The summed E-state index contributed by atoms with van der Waals surface area (Å²) in [7, 11) is 0. The number of hydrogen-bond acceptors (Lipinski definition) is 6. The van der Waals surface area contributed by atoms with Gasteiger partial charge in [0.1, 0.15) is 5.70 Å². The first-order chi connectivity index (χ1) is 14.7. The van der Waals surface area contributed by atoms with Crippen molar-refractivity contribution in [1.82, 2.24) is 15.3 Å². The van der Waals surface area contributed by atoms with Crippen LogP contribution in [0.5, 0.6) is 0 Å². The number of para-hydroxylation sites is 1. The molecule has 1 amide bonds. The highest BCUT2D eigenvalue weighted by Gasteiger charge is 2.34. The van der Waals surface area contributed by atoms with Gasteiger partial charge in [-0.15, -0.1) is 5.10 Å². The van der Waals surface area contributed by atoms with E-state index in [0.29, 0.717) is 10.9 Å². The SMILES string of the molecule is Cc1ccc(CSC2=NN3C(=c4ccccc4=N[C@@H]3c3ccncc3)C(=O)N2)cc1. The predicted molar refractivity (Wildman–Crippen MR) is 117 cm³/mol. The van der Waals surface area contributed by atoms with Gasteiger partial charge >= 0.3 is 0 Å². The van der Waals surface area contributed by atoms with Crippen LogP contribution < -0.4 is 15.9 Å². The molecule has 1 N–H and O–H groups in total. The number of carbonyl (C=O) groups is 1. The van der Waals surface area contributed by atoms with E-state index in [9.17, 15) is 4.79 Å². The van der Waals surface area contributed by atoms with Crippen LogP contribution in [0.25, 0.3) is 5.70 Å². The smallest absolute Gasteiger partial charge is 0.276 e. The molecule has 2 aromatic carbocycles. The number of rotatable bonds is 3. The summed E-state index contributed by atoms with van der Waals surface area (Å²) in [6.07, 6.45) is 3.04. The number of benzene rings is 2. The average Bonchev–Trinajstić information content (AvgIpc) is 2.78. The Morgan fingerprint density at radius 3 is 2.60 bits per heavy atom. The van der Waals surface area contributed by atoms with Crippen LogP contribution in [0.15, 0.2) is 83.2 Å². The Morgan fingerprint density at radius 2 is 1.80 bits per heavy atom. The minimum Gasteiger partial charge on any atom is -0.298 e. The van der Waals surface area contributed by atoms with Gasteiger partial charge in [-0.25, -0.2) is 5.01 Å². The Bertz CT molecular complexity index is 1250. The highest BCUT2D eigenvalue weighted by molar-refractivity contribution is 8.13. The highest BCUT2D eigenvalue weighted by atomic mass is 32.2. The molecule has 148 valence electrons. The Hall–Kier alpha value is -3.45. The van der Waals surface area contributed by atoms with Crippen molar-refractivity contribution in [3.8, 4) is 0 Å². The zero-order valence-corrected chi connectivity index (χ0v) is 17.1. The maximum absolute atomic E-state index is 13.1. The number of nitrogens with one attached hydrogen (secondary N) is 1. The van der Waals surface area contributed by atoms with Crippen molar-refractivity contribution in [2.24, 2.45) is 10.1 Å². The summed E-state index contributed by atoms with van der Waals surface area (Å²) < 4.78 is 0. The lowest BCUT2D eigenvalue weighted by Crippen LogP contribution is -2.50. The molecule has 0 unspecified atom stereocenters. The first kappa shape index (κ1) is 18.6. The molecule has 0 saturated carbocycles. The maximum Gasteiger partial charge on any atom is 0.276 e. The van der Waals surface area contributed by atoms with Crippen LogP contribution in [-0.4, -0.2) is 21.1 Å². The largest absolute Gasteiger partial charge is 0.298 e. The Kier molecular flexibility index (Phi) is 4.80. The molecule has 1 atom stereocenters. The van der Waals surface area contributed by atoms with Gasteiger partial charge < -0.3 is 0 Å². The fraction of sp³-hybridized carbons (Fsp3) is 0.130. The molecule has 5 rings (SSSR count). The third-order valence-corrected chi connectivity index (χ3v) is 5.95. The molecule has 0 bridgehead atoms. The summed E-state index contributed by atoms with van der Waals surface area (Å²) in [5.74, 6) is 0.550. The zero-order chi connectivity index (χ0) is 20.5. The quantitative estimate of drug-likeness (QED) is 0.716. The van der Waals surface area contributed by atoms with Crippen LogP contribution in [0.3, 0.4) is 0 Å². The maximum atomic E-state index is 13.1. The van der Waals surface area contributed by atoms with Crippen LogP contribution in [0, 0.1) is 6.92 Å². The van der Waals surface area contributed by atoms with E-state index >= 15 is 0 Å². The molecule has 0 spiro atoms. The van der Waals surface area contributed by atoms with Crippen molar-refractivity contribution in [3.63, 3.8) is 0 Å². The van der Waals surface area contributed by atoms with Crippen LogP contribution in [0.2, 0.25) is 0 Å². The van der Waals surface area contributed by atoms with Crippen molar-refractivity contribution in [1.29, 1.82) is 0 Å². The number of amides is 1. The van der Waals surface area contributed by atoms with Crippen molar-refractivity contribution < 1.29 is 4.79 Å². The second-order valence-electron chi connectivity index (χ2n) is 7.13. The zero-order valence-electron chi connectivity index (χ0n) is 16.3. The predicted octanol–water partition coefficient (Wildman–Crippen LogP) is 2.47. The van der Waals surface area contributed by atoms with Crippen molar-refractivity contribution in [2.75, 3.05) is 0 Å². The fourth-order valence-electron chi connectivity index (χ4n) is 3.48. The van der Waals surface area contributed by atoms with E-state index in [1.165, 1.54) is 22.9 Å². The molecular weight excluding hydrogens is 394 g/mol. The van der Waals surface area contributed by atoms with Crippen LogP contribution in [0.4, 0.5) is 0 Å². The summed E-state index contributed by atoms with van der Waals surface area (Å²) in [5, 5.41) is 11.6. The molecule has 2 aliphatic heterocycles. The summed E-state index contributed by atoms with van der Waals surface area (Å²) in [6, 6.07) is 19.8. The van der Waals surface area contributed by atoms with E-state index in [2.05, 4.69) is 41.5 Å². The molecule has 0 fully saturated rings. The molecule has 1 aromatic heterocycles. The number of amidine groups is 1. The molecule has 30 heavy (non-hydrogen) atoms. The van der Waals surface area contributed by atoms with Gasteiger partial charge in [0, 0.05) is 28.9 Å². The third-order valence-electron chi connectivity index (χ3n) is 5.02. The van der Waals surface area contributed by atoms with Gasteiger partial charge in [-0.3, -0.25) is 20.1 Å². The number of pyridine rings is 1. The van der Waals surface area contributed by atoms with Gasteiger partial charge in [0.15, 0.2) is 11.3 Å². The van der Waals surface area contributed by atoms with E-state index in [4.69, 9.17) is 10.1 Å². The van der Waals surface area contributed by atoms with E-state index in [-0.39, 0.29) is 5.91 Å². The lowest BCUT2D eigenvalue weighted by atomic mass is 10.1. The number of hydrogen-bond donors (Lipinski definition) is 1. The second kappa shape index (κ2) is 7.76. The topological polar surface area (TPSA) is 70.0 Å². The van der Waals surface area contributed by atoms with Gasteiger partial charge in [0.2, 0.25) is 0 Å². The third kappa shape index (κ3) is 3.48. The van der Waals surface area contributed by atoms with Crippen molar-refractivity contribution in [3.05, 3.63) is 100 Å². The summed E-state index contributed by atoms with van der Waals surface area (Å²) in [6.45, 7) is 2.07. The first-order valence-corrected chi connectivity index (χ1v) is 10.6. The number of aromatic nitrogens is 1. The van der Waals surface area contributed by atoms with E-state index in [1.807, 2.05) is 36.4 Å². The van der Waals surface area contributed by atoms with Gasteiger partial charge in [-0.2, -0.15) is 0 Å². The van der Waals surface area contributed by atoms with Gasteiger partial charge in [0.05, 0.1) is 5.36 Å². The second-order valence-corrected chi connectivity index (χ2v) is 8.09. The monoisotopic (exact) mass is 413 g/mol. The average molecular weight is 414 g/mol. The van der Waals surface area contributed by atoms with Crippen molar-refractivity contribution in [2.45, 2.75) is 18.8 Å². The number of aryl methyl sites for hydroxylation is 1. The van der Waals surface area contributed by atoms with Gasteiger partial charge in [-0.05, 0) is 30.7 Å². The molecule has 0 radical (unpaired) electrons. The Morgan fingerprint density at radius 1 is 1.03 bits per heavy atom. The number of fused-ring (bicyclic) bond motifs is 2. The number of nitrogens with zero attached hydrogens (tertiary/aromatic N) is 4. The summed E-state index contributed by atoms with van der Waals surface area (Å²) in [4.78, 5) is 22.1. The molecule has 7 heteroatoms. The number of thioether (sulfide) groups is 1. The minimum absolute atomic E-state index is 0.169. The van der Waals surface area contributed by atoms with Gasteiger partial charge in [0.25, 0.3) is 5.91 Å². The molecular formula is C23H19N5OS. The highest BCUT2D eigenvalue weighted by Crippen LogP contribution is 2.30. The molecule has 0 aliphatic carbocycles. The number of carbonyl (C=O) groups excluding carboxylic acids is 1. The first-order valence-electron chi connectivity index (χ1n) is 9.64. The van der Waals surface area contributed by atoms with E-state index in [1.54, 1.807) is 17.4 Å². The molecule has 6 nitrogen and oxygen atoms in total. The lowest BCUT2D eigenvalue weighted by molar-refractivity contribution is -0.116. The fourth-order valence-corrected chi connectivity index (χ4v) is 4.29. The van der Waals surface area contributed by atoms with E-state index < -0.39 is 6.17 Å². The molecule has 0 saturated heterocycles. The van der Waals surface area contributed by atoms with Crippen LogP contribution in [0.1, 0.15) is 22.9 Å². The van der Waals surface area contributed by atoms with Crippen LogP contribution in [-0.2, 0) is 10.5 Å². The normalized spacial score (nSPS) is 17.4.